The average Bonchev–Trinajstić information content (AvgIpc) is 3.02. The summed E-state index contributed by atoms with van der Waals surface area (Å²) in [6.45, 7) is 3.40. The molecule has 1 atom stereocenters. The molecule has 0 saturated carbocycles. The van der Waals surface area contributed by atoms with E-state index in [0.29, 0.717) is 29.1 Å². The lowest BCUT2D eigenvalue weighted by molar-refractivity contribution is -0.125. The second-order valence-electron chi connectivity index (χ2n) is 5.87. The topological polar surface area (TPSA) is 101 Å². The van der Waals surface area contributed by atoms with Gasteiger partial charge in [0.05, 0.1) is 11.6 Å². The molecule has 2 aromatic rings. The number of rotatable bonds is 4. The fraction of sp³-hybridized carbons (Fsp3) is 0.294. The maximum Gasteiger partial charge on any atom is 0.261 e. The van der Waals surface area contributed by atoms with Crippen LogP contribution in [-0.4, -0.2) is 22.9 Å². The fourth-order valence-electron chi connectivity index (χ4n) is 2.78. The number of aryl methyl sites for hydroxylation is 2. The van der Waals surface area contributed by atoms with E-state index in [1.807, 2.05) is 12.1 Å². The van der Waals surface area contributed by atoms with E-state index in [4.69, 9.17) is 4.52 Å². The number of aromatic nitrogens is 1. The minimum Gasteiger partial charge on any atom is -0.361 e. The van der Waals surface area contributed by atoms with Crippen LogP contribution >= 0.6 is 0 Å². The molecule has 0 spiro atoms. The van der Waals surface area contributed by atoms with Crippen molar-refractivity contribution in [1.82, 2.24) is 10.5 Å². The van der Waals surface area contributed by atoms with Crippen LogP contribution in [0.25, 0.3) is 0 Å². The van der Waals surface area contributed by atoms with Crippen LogP contribution < -0.4 is 10.6 Å². The first kappa shape index (κ1) is 15.9. The molecule has 1 saturated heterocycles. The molecule has 0 radical (unpaired) electrons. The Kier molecular flexibility index (Phi) is 4.16. The van der Waals surface area contributed by atoms with Gasteiger partial charge in [-0.1, -0.05) is 17.3 Å². The Morgan fingerprint density at radius 1 is 1.29 bits per heavy atom. The highest BCUT2D eigenvalue weighted by Gasteiger charge is 2.30. The molecule has 7 heteroatoms. The molecule has 7 nitrogen and oxygen atoms in total. The van der Waals surface area contributed by atoms with Gasteiger partial charge in [0, 0.05) is 12.1 Å². The Bertz CT molecular complexity index is 788. The summed E-state index contributed by atoms with van der Waals surface area (Å²) in [5.74, 6) is -0.581. The number of carbonyl (C=O) groups is 3. The number of nitrogens with one attached hydrogen (secondary N) is 2. The van der Waals surface area contributed by atoms with Gasteiger partial charge < -0.3 is 9.84 Å². The number of hydrogen-bond acceptors (Lipinski definition) is 5. The highest BCUT2D eigenvalue weighted by molar-refractivity contribution is 6.05. The fourth-order valence-corrected chi connectivity index (χ4v) is 2.78. The van der Waals surface area contributed by atoms with E-state index in [-0.39, 0.29) is 30.1 Å². The number of imide groups is 1. The maximum absolute atomic E-state index is 12.3. The zero-order valence-electron chi connectivity index (χ0n) is 13.4. The molecular formula is C17H17N3O4. The zero-order chi connectivity index (χ0) is 17.3. The van der Waals surface area contributed by atoms with E-state index in [1.165, 1.54) is 0 Å². The van der Waals surface area contributed by atoms with Crippen LogP contribution in [0.15, 0.2) is 28.8 Å². The lowest BCUT2D eigenvalue weighted by Crippen LogP contribution is -2.22. The van der Waals surface area contributed by atoms with E-state index in [0.717, 1.165) is 5.56 Å². The van der Waals surface area contributed by atoms with Gasteiger partial charge in [-0.25, -0.2) is 0 Å². The van der Waals surface area contributed by atoms with Crippen LogP contribution in [-0.2, 0) is 16.0 Å². The molecule has 124 valence electrons. The molecule has 0 unspecified atom stereocenters. The molecule has 0 aliphatic carbocycles. The minimum absolute atomic E-state index is 0.226. The maximum atomic E-state index is 12.3. The standard InChI is InChI=1S/C17H17N3O4/c1-9-15(10(2)24-20-9)17(23)18-13-5-3-11(4-6-13)7-12-8-14(21)19-16(12)22/h3-6,12H,7-8H2,1-2H3,(H,18,23)(H,19,21,22)/t12-/m1/s1. The Labute approximate surface area is 138 Å². The second kappa shape index (κ2) is 6.27. The number of carbonyl (C=O) groups excluding carboxylic acids is 3. The Hall–Kier alpha value is -2.96. The molecule has 3 rings (SSSR count). The molecule has 2 N–H and O–H groups in total. The number of amides is 3. The Balaban J connectivity index is 1.66. The van der Waals surface area contributed by atoms with Gasteiger partial charge in [-0.05, 0) is 38.0 Å². The van der Waals surface area contributed by atoms with E-state index < -0.39 is 0 Å². The average molecular weight is 327 g/mol. The number of hydrogen-bond donors (Lipinski definition) is 2. The predicted molar refractivity (Wildman–Crippen MR) is 85.3 cm³/mol. The van der Waals surface area contributed by atoms with Gasteiger partial charge in [0.25, 0.3) is 5.91 Å². The molecule has 1 aromatic heterocycles. The van der Waals surface area contributed by atoms with Gasteiger partial charge in [-0.15, -0.1) is 0 Å². The lowest BCUT2D eigenvalue weighted by atomic mass is 9.98. The third-order valence-corrected chi connectivity index (χ3v) is 4.02. The highest BCUT2D eigenvalue weighted by atomic mass is 16.5. The summed E-state index contributed by atoms with van der Waals surface area (Å²) in [4.78, 5) is 35.1. The van der Waals surface area contributed by atoms with Gasteiger partial charge in [-0.3, -0.25) is 19.7 Å². The molecule has 0 bridgehead atoms. The zero-order valence-corrected chi connectivity index (χ0v) is 13.4. The molecule has 1 aromatic carbocycles. The molecule has 1 fully saturated rings. The van der Waals surface area contributed by atoms with Crippen LogP contribution in [0.4, 0.5) is 5.69 Å². The quantitative estimate of drug-likeness (QED) is 0.833. The van der Waals surface area contributed by atoms with Crippen molar-refractivity contribution in [3.05, 3.63) is 46.8 Å². The van der Waals surface area contributed by atoms with Crippen molar-refractivity contribution in [3.8, 4) is 0 Å². The van der Waals surface area contributed by atoms with Crippen LogP contribution in [0.3, 0.4) is 0 Å². The predicted octanol–water partition coefficient (Wildman–Crippen LogP) is 1.75. The largest absolute Gasteiger partial charge is 0.361 e. The van der Waals surface area contributed by atoms with Crippen molar-refractivity contribution in [2.45, 2.75) is 26.7 Å². The third kappa shape index (κ3) is 3.19. The van der Waals surface area contributed by atoms with Crippen LogP contribution in [0.5, 0.6) is 0 Å². The Morgan fingerprint density at radius 3 is 2.54 bits per heavy atom. The van der Waals surface area contributed by atoms with Gasteiger partial charge in [0.1, 0.15) is 11.3 Å². The van der Waals surface area contributed by atoms with Crippen molar-refractivity contribution in [2.75, 3.05) is 5.32 Å². The van der Waals surface area contributed by atoms with E-state index in [2.05, 4.69) is 15.8 Å². The van der Waals surface area contributed by atoms with Crippen molar-refractivity contribution < 1.29 is 18.9 Å². The summed E-state index contributed by atoms with van der Waals surface area (Å²) >= 11 is 0. The van der Waals surface area contributed by atoms with Crippen molar-refractivity contribution in [1.29, 1.82) is 0 Å². The second-order valence-corrected chi connectivity index (χ2v) is 5.87. The lowest BCUT2D eigenvalue weighted by Gasteiger charge is -2.08. The summed E-state index contributed by atoms with van der Waals surface area (Å²) < 4.78 is 4.99. The first-order valence-corrected chi connectivity index (χ1v) is 7.61. The van der Waals surface area contributed by atoms with Gasteiger partial charge in [-0.2, -0.15) is 0 Å². The molecule has 3 amide bonds. The van der Waals surface area contributed by atoms with Gasteiger partial charge >= 0.3 is 0 Å². The molecule has 2 heterocycles. The normalized spacial score (nSPS) is 17.0. The van der Waals surface area contributed by atoms with Gasteiger partial charge in [0.15, 0.2) is 0 Å². The van der Waals surface area contributed by atoms with Crippen LogP contribution in [0.2, 0.25) is 0 Å². The minimum atomic E-state index is -0.319. The summed E-state index contributed by atoms with van der Waals surface area (Å²) in [7, 11) is 0. The molecule has 1 aliphatic rings. The molecular weight excluding hydrogens is 310 g/mol. The van der Waals surface area contributed by atoms with Crippen molar-refractivity contribution >= 4 is 23.4 Å². The van der Waals surface area contributed by atoms with Crippen molar-refractivity contribution in [2.24, 2.45) is 5.92 Å². The first-order valence-electron chi connectivity index (χ1n) is 7.61. The molecule has 1 aliphatic heterocycles. The van der Waals surface area contributed by atoms with Crippen molar-refractivity contribution in [3.63, 3.8) is 0 Å². The van der Waals surface area contributed by atoms with E-state index >= 15 is 0 Å². The SMILES string of the molecule is Cc1noc(C)c1C(=O)Nc1ccc(C[C@@H]2CC(=O)NC2=O)cc1. The van der Waals surface area contributed by atoms with Crippen LogP contribution in [0, 0.1) is 19.8 Å². The summed E-state index contributed by atoms with van der Waals surface area (Å²) in [6, 6.07) is 7.19. The van der Waals surface area contributed by atoms with E-state index in [1.54, 1.807) is 26.0 Å². The summed E-state index contributed by atoms with van der Waals surface area (Å²) in [6.07, 6.45) is 0.721. The monoisotopic (exact) mass is 327 g/mol. The number of nitrogens with zero attached hydrogens (tertiary/aromatic N) is 1. The third-order valence-electron chi connectivity index (χ3n) is 4.02. The summed E-state index contributed by atoms with van der Waals surface area (Å²) in [5.41, 5.74) is 2.54. The summed E-state index contributed by atoms with van der Waals surface area (Å²) in [5, 5.41) is 8.85. The molecule has 24 heavy (non-hydrogen) atoms. The Morgan fingerprint density at radius 2 is 2.00 bits per heavy atom. The number of anilines is 1. The van der Waals surface area contributed by atoms with Crippen LogP contribution in [0.1, 0.15) is 33.8 Å². The smallest absolute Gasteiger partial charge is 0.261 e. The van der Waals surface area contributed by atoms with Gasteiger partial charge in [0.2, 0.25) is 11.8 Å². The van der Waals surface area contributed by atoms with E-state index in [9.17, 15) is 14.4 Å². The number of benzene rings is 1. The highest BCUT2D eigenvalue weighted by Crippen LogP contribution is 2.20. The first-order chi connectivity index (χ1) is 11.4.